The molecule has 0 radical (unpaired) electrons. The Morgan fingerprint density at radius 3 is 0.855 bits per heavy atom. The predicted molar refractivity (Wildman–Crippen MR) is 320 cm³/mol. The highest BCUT2D eigenvalue weighted by atomic mass is 16.5. The van der Waals surface area contributed by atoms with Gasteiger partial charge >= 0.3 is 11.9 Å². The average Bonchev–Trinajstić information content (AvgIpc) is 3.44. The molecule has 0 unspecified atom stereocenters. The molecule has 4 rings (SSSR count). The van der Waals surface area contributed by atoms with Gasteiger partial charge in [-0.15, -0.1) is 0 Å². The summed E-state index contributed by atoms with van der Waals surface area (Å²) in [6.07, 6.45) is 47.8. The molecule has 0 aliphatic heterocycles. The van der Waals surface area contributed by atoms with Crippen molar-refractivity contribution >= 4 is 35.7 Å². The molecular weight excluding hydrogens is 941 g/mol. The fourth-order valence-electron chi connectivity index (χ4n) is 9.38. The zero-order valence-electron chi connectivity index (χ0n) is 47.6. The Labute approximate surface area is 461 Å². The molecule has 4 aromatic rings. The van der Waals surface area contributed by atoms with Crippen molar-refractivity contribution in [3.8, 4) is 23.0 Å². The molecule has 0 atom stereocenters. The number of carbonyl (C=O) groups is 2. The fourth-order valence-corrected chi connectivity index (χ4v) is 9.38. The van der Waals surface area contributed by atoms with E-state index in [0.717, 1.165) is 98.6 Å². The minimum Gasteiger partial charge on any atom is -0.494 e. The number of unbranched alkanes of at least 4 members (excludes halogenated alkanes) is 31. The number of carbonyl (C=O) groups excluding carboxylic acids is 2. The van der Waals surface area contributed by atoms with Crippen LogP contribution in [0.2, 0.25) is 0 Å². The third kappa shape index (κ3) is 33.0. The molecule has 4 aromatic carbocycles. The molecule has 0 spiro atoms. The van der Waals surface area contributed by atoms with Crippen molar-refractivity contribution < 1.29 is 28.5 Å². The van der Waals surface area contributed by atoms with Gasteiger partial charge in [-0.3, -0.25) is 19.6 Å². The van der Waals surface area contributed by atoms with Gasteiger partial charge in [0.15, 0.2) is 0 Å². The van der Waals surface area contributed by atoms with E-state index in [-0.39, 0.29) is 11.9 Å². The summed E-state index contributed by atoms with van der Waals surface area (Å²) in [7, 11) is 0. The third-order valence-corrected chi connectivity index (χ3v) is 14.2. The molecule has 0 saturated heterocycles. The van der Waals surface area contributed by atoms with Crippen molar-refractivity contribution in [3.63, 3.8) is 0 Å². The van der Waals surface area contributed by atoms with Crippen LogP contribution in [-0.4, -0.2) is 37.6 Å². The van der Waals surface area contributed by atoms with Crippen molar-refractivity contribution in [1.82, 2.24) is 0 Å². The van der Waals surface area contributed by atoms with E-state index in [1.165, 1.54) is 167 Å². The van der Waals surface area contributed by atoms with Gasteiger partial charge in [-0.05, 0) is 134 Å². The summed E-state index contributed by atoms with van der Waals surface area (Å²) < 4.78 is 23.1. The Morgan fingerprint density at radius 1 is 0.316 bits per heavy atom. The molecule has 0 aliphatic carbocycles. The number of aliphatic imine (C=N–C) groups is 2. The van der Waals surface area contributed by atoms with Gasteiger partial charge in [-0.25, -0.2) is 0 Å². The summed E-state index contributed by atoms with van der Waals surface area (Å²) in [5.74, 6) is 2.37. The SMILES string of the molecule is CCCCCCCCCCCCCCCCOc1ccc(C=Nc2ccc(OC(=O)CCCCCCCCC(=O)Oc3ccc(N=Cc4ccc(OCCCCCCCCCCCCCCCC)cc4)cc3)cc2)cc1. The summed E-state index contributed by atoms with van der Waals surface area (Å²) in [4.78, 5) is 34.2. The molecule has 76 heavy (non-hydrogen) atoms. The van der Waals surface area contributed by atoms with Crippen LogP contribution >= 0.6 is 0 Å². The van der Waals surface area contributed by atoms with Crippen LogP contribution in [0.25, 0.3) is 0 Å². The fraction of sp³-hybridized carbons (Fsp3) is 0.588. The summed E-state index contributed by atoms with van der Waals surface area (Å²) in [6, 6.07) is 30.6. The zero-order chi connectivity index (χ0) is 53.6. The zero-order valence-corrected chi connectivity index (χ0v) is 47.6. The maximum Gasteiger partial charge on any atom is 0.311 e. The molecule has 0 aromatic heterocycles. The Bertz CT molecular complexity index is 1930. The smallest absolute Gasteiger partial charge is 0.311 e. The second kappa shape index (κ2) is 43.8. The van der Waals surface area contributed by atoms with Gasteiger partial charge in [0.05, 0.1) is 24.6 Å². The van der Waals surface area contributed by atoms with Crippen molar-refractivity contribution in [2.45, 2.75) is 245 Å². The van der Waals surface area contributed by atoms with Gasteiger partial charge in [0.25, 0.3) is 0 Å². The highest BCUT2D eigenvalue weighted by Gasteiger charge is 2.08. The van der Waals surface area contributed by atoms with E-state index in [1.54, 1.807) is 24.3 Å². The molecule has 8 heteroatoms. The van der Waals surface area contributed by atoms with Gasteiger partial charge in [-0.2, -0.15) is 0 Å². The molecule has 8 nitrogen and oxygen atoms in total. The number of esters is 2. The second-order valence-corrected chi connectivity index (χ2v) is 21.1. The van der Waals surface area contributed by atoms with Gasteiger partial charge in [0.2, 0.25) is 0 Å². The highest BCUT2D eigenvalue weighted by molar-refractivity contribution is 5.83. The molecule has 0 N–H and O–H groups in total. The van der Waals surface area contributed by atoms with Crippen LogP contribution < -0.4 is 18.9 Å². The summed E-state index contributed by atoms with van der Waals surface area (Å²) >= 11 is 0. The number of hydrogen-bond donors (Lipinski definition) is 0. The molecule has 0 bridgehead atoms. The van der Waals surface area contributed by atoms with E-state index >= 15 is 0 Å². The maximum absolute atomic E-state index is 12.5. The van der Waals surface area contributed by atoms with Crippen LogP contribution in [0, 0.1) is 0 Å². The van der Waals surface area contributed by atoms with Crippen LogP contribution in [0.1, 0.15) is 256 Å². The van der Waals surface area contributed by atoms with E-state index in [2.05, 4.69) is 23.8 Å². The molecule has 0 heterocycles. The third-order valence-electron chi connectivity index (χ3n) is 14.2. The first-order chi connectivity index (χ1) is 37.5. The van der Waals surface area contributed by atoms with Crippen molar-refractivity contribution in [3.05, 3.63) is 108 Å². The minimum absolute atomic E-state index is 0.230. The Hall–Kier alpha value is -5.24. The molecule has 0 fully saturated rings. The Balaban J connectivity index is 0.934. The number of hydrogen-bond acceptors (Lipinski definition) is 8. The largest absolute Gasteiger partial charge is 0.494 e. The molecule has 418 valence electrons. The molecule has 0 amide bonds. The van der Waals surface area contributed by atoms with Crippen molar-refractivity contribution in [2.24, 2.45) is 9.98 Å². The lowest BCUT2D eigenvalue weighted by molar-refractivity contribution is -0.135. The normalized spacial score (nSPS) is 11.4. The Kier molecular flexibility index (Phi) is 36.5. The number of nitrogens with zero attached hydrogens (tertiary/aromatic N) is 2. The first kappa shape index (κ1) is 63.3. The van der Waals surface area contributed by atoms with Crippen LogP contribution in [0.3, 0.4) is 0 Å². The molecule has 0 saturated carbocycles. The maximum atomic E-state index is 12.5. The van der Waals surface area contributed by atoms with E-state index < -0.39 is 0 Å². The standard InChI is InChI=1S/C68H100N2O6/c1-3-5-7-9-11-13-15-17-19-21-23-27-31-35-55-73-63-47-39-59(40-48-63)57-69-61-43-51-65(52-44-61)75-67(71)37-33-29-25-26-30-34-38-68(72)76-66-53-45-62(46-54-66)70-58-60-41-49-64(50-42-60)74-56-36-32-28-24-22-20-18-16-14-12-10-8-6-4-2/h39-54,57-58H,3-38,55-56H2,1-2H3. The minimum atomic E-state index is -0.230. The number of benzene rings is 4. The van der Waals surface area contributed by atoms with E-state index in [9.17, 15) is 9.59 Å². The van der Waals surface area contributed by atoms with Gasteiger partial charge < -0.3 is 18.9 Å². The van der Waals surface area contributed by atoms with Crippen LogP contribution in [-0.2, 0) is 9.59 Å². The number of rotatable bonds is 47. The molecule has 0 aliphatic rings. The topological polar surface area (TPSA) is 95.8 Å². The Morgan fingerprint density at radius 2 is 0.566 bits per heavy atom. The van der Waals surface area contributed by atoms with Crippen molar-refractivity contribution in [1.29, 1.82) is 0 Å². The lowest BCUT2D eigenvalue weighted by Crippen LogP contribution is -2.07. The van der Waals surface area contributed by atoms with Gasteiger partial charge in [0.1, 0.15) is 23.0 Å². The molecular formula is C68H100N2O6. The summed E-state index contributed by atoms with van der Waals surface area (Å²) in [6.45, 7) is 6.08. The quantitative estimate of drug-likeness (QED) is 0.0189. The van der Waals surface area contributed by atoms with Gasteiger partial charge in [-0.1, -0.05) is 206 Å². The first-order valence-electron chi connectivity index (χ1n) is 30.7. The summed E-state index contributed by atoms with van der Waals surface area (Å²) in [5, 5.41) is 0. The second-order valence-electron chi connectivity index (χ2n) is 21.1. The average molecular weight is 1040 g/mol. The van der Waals surface area contributed by atoms with E-state index in [1.807, 2.05) is 85.2 Å². The van der Waals surface area contributed by atoms with Crippen molar-refractivity contribution in [2.75, 3.05) is 13.2 Å². The van der Waals surface area contributed by atoms with Gasteiger partial charge in [0, 0.05) is 25.3 Å². The first-order valence-corrected chi connectivity index (χ1v) is 30.7. The van der Waals surface area contributed by atoms with Crippen LogP contribution in [0.15, 0.2) is 107 Å². The highest BCUT2D eigenvalue weighted by Crippen LogP contribution is 2.23. The number of ether oxygens (including phenoxy) is 4. The van der Waals surface area contributed by atoms with Crippen LogP contribution in [0.4, 0.5) is 11.4 Å². The predicted octanol–water partition coefficient (Wildman–Crippen LogP) is 20.5. The lowest BCUT2D eigenvalue weighted by atomic mass is 10.0. The summed E-state index contributed by atoms with van der Waals surface area (Å²) in [5.41, 5.74) is 3.57. The van der Waals surface area contributed by atoms with Crippen LogP contribution in [0.5, 0.6) is 23.0 Å². The lowest BCUT2D eigenvalue weighted by Gasteiger charge is -2.07. The van der Waals surface area contributed by atoms with E-state index in [0.29, 0.717) is 24.3 Å². The monoisotopic (exact) mass is 1040 g/mol. The van der Waals surface area contributed by atoms with E-state index in [4.69, 9.17) is 18.9 Å².